The number of carboxylic acids is 1. The third-order valence-electron chi connectivity index (χ3n) is 15.5. The van der Waals surface area contributed by atoms with Crippen molar-refractivity contribution in [1.29, 1.82) is 0 Å². The van der Waals surface area contributed by atoms with Crippen molar-refractivity contribution in [2.24, 2.45) is 0 Å². The van der Waals surface area contributed by atoms with E-state index in [1.165, 1.54) is 186 Å². The molecule has 0 amide bonds. The summed E-state index contributed by atoms with van der Waals surface area (Å²) in [6, 6.07) is 0. The molecule has 0 aromatic rings. The zero-order chi connectivity index (χ0) is 57.5. The van der Waals surface area contributed by atoms with E-state index in [4.69, 9.17) is 23.7 Å². The number of ether oxygens (including phenoxy) is 5. The third kappa shape index (κ3) is 45.4. The Balaban J connectivity index is 2.63. The van der Waals surface area contributed by atoms with Gasteiger partial charge in [-0.25, -0.2) is 4.79 Å². The molecule has 0 aromatic carbocycles. The first kappa shape index (κ1) is 74.2. The molecule has 0 radical (unpaired) electrons. The van der Waals surface area contributed by atoms with Crippen LogP contribution in [0.3, 0.4) is 0 Å². The minimum Gasteiger partial charge on any atom is -0.479 e. The van der Waals surface area contributed by atoms with Gasteiger partial charge in [-0.1, -0.05) is 283 Å². The molecular weight excluding hydrogens is 997 g/mol. The van der Waals surface area contributed by atoms with Crippen LogP contribution in [-0.2, 0) is 42.9 Å². The van der Waals surface area contributed by atoms with E-state index in [-0.39, 0.29) is 25.9 Å². The van der Waals surface area contributed by atoms with Crippen LogP contribution in [-0.4, -0.2) is 89.2 Å². The largest absolute Gasteiger partial charge is 0.479 e. The number of allylic oxidation sites excluding steroid dienone is 4. The van der Waals surface area contributed by atoms with E-state index in [0.717, 1.165) is 83.5 Å². The summed E-state index contributed by atoms with van der Waals surface area (Å²) in [7, 11) is 0. The lowest BCUT2D eigenvalue weighted by Crippen LogP contribution is -2.61. The summed E-state index contributed by atoms with van der Waals surface area (Å²) in [6.07, 6.45) is 52.8. The monoisotopic (exact) mass is 1120 g/mol. The molecule has 79 heavy (non-hydrogen) atoms. The predicted molar refractivity (Wildman–Crippen MR) is 322 cm³/mol. The van der Waals surface area contributed by atoms with Gasteiger partial charge in [0.2, 0.25) is 0 Å². The summed E-state index contributed by atoms with van der Waals surface area (Å²) >= 11 is 0. The van der Waals surface area contributed by atoms with Crippen molar-refractivity contribution in [3.8, 4) is 0 Å². The van der Waals surface area contributed by atoms with Crippen LogP contribution in [0.5, 0.6) is 0 Å². The number of aliphatic hydroxyl groups excluding tert-OH is 2. The minimum atomic E-state index is -1.90. The van der Waals surface area contributed by atoms with Gasteiger partial charge < -0.3 is 39.0 Å². The van der Waals surface area contributed by atoms with E-state index in [2.05, 4.69) is 45.1 Å². The summed E-state index contributed by atoms with van der Waals surface area (Å²) in [5.41, 5.74) is 0. The minimum absolute atomic E-state index is 0.0495. The molecular formula is C67H122O12. The van der Waals surface area contributed by atoms with Crippen molar-refractivity contribution in [3.05, 3.63) is 24.3 Å². The second kappa shape index (κ2) is 55.7. The van der Waals surface area contributed by atoms with Crippen LogP contribution < -0.4 is 0 Å². The van der Waals surface area contributed by atoms with Crippen LogP contribution in [0.15, 0.2) is 24.3 Å². The molecule has 1 fully saturated rings. The Hall–Kier alpha value is -2.80. The average molecular weight is 1120 g/mol. The Kier molecular flexibility index (Phi) is 52.3. The number of aliphatic hydroxyl groups is 2. The van der Waals surface area contributed by atoms with E-state index < -0.39 is 67.3 Å². The van der Waals surface area contributed by atoms with Crippen LogP contribution in [0.1, 0.15) is 329 Å². The summed E-state index contributed by atoms with van der Waals surface area (Å²) in [5, 5.41) is 31.6. The maximum absolute atomic E-state index is 13.2. The quantitative estimate of drug-likeness (QED) is 0.0228. The maximum atomic E-state index is 13.2. The maximum Gasteiger partial charge on any atom is 0.335 e. The zero-order valence-electron chi connectivity index (χ0n) is 51.1. The van der Waals surface area contributed by atoms with Crippen molar-refractivity contribution in [1.82, 2.24) is 0 Å². The number of unbranched alkanes of at least 4 members (excludes halogenated alkanes) is 40. The number of aliphatic carboxylic acids is 1. The molecule has 0 bridgehead atoms. The number of rotatable bonds is 58. The highest BCUT2D eigenvalue weighted by atomic mass is 16.7. The standard InChI is InChI=1S/C67H122O12/c1-4-7-10-13-16-19-22-25-28-29-30-31-34-35-38-41-44-47-50-53-59(68)75-56-58(77-60(69)54-51-48-45-42-39-36-32-26-23-20-17-14-11-8-5-2)57-76-67-65(63(72)62(71)64(79-67)66(73)74)78-61(70)55-52-49-46-43-40-37-33-27-24-21-18-15-12-9-6-3/h18,21,27,33,58,62-65,67,71-72H,4-17,19-20,22-26,28-32,34-57H2,1-3H3,(H,73,74)/b21-18-,33-27-. The number of esters is 3. The van der Waals surface area contributed by atoms with Crippen molar-refractivity contribution < 1.29 is 58.2 Å². The van der Waals surface area contributed by atoms with Gasteiger partial charge in [-0.2, -0.15) is 0 Å². The van der Waals surface area contributed by atoms with Crippen LogP contribution in [0, 0.1) is 0 Å². The smallest absolute Gasteiger partial charge is 0.335 e. The van der Waals surface area contributed by atoms with Gasteiger partial charge in [0.05, 0.1) is 6.61 Å². The number of carbonyl (C=O) groups is 4. The number of carbonyl (C=O) groups excluding carboxylic acids is 3. The number of hydrogen-bond acceptors (Lipinski definition) is 11. The summed E-state index contributed by atoms with van der Waals surface area (Å²) < 4.78 is 28.6. The lowest BCUT2D eigenvalue weighted by molar-refractivity contribution is -0.301. The summed E-state index contributed by atoms with van der Waals surface area (Å²) in [4.78, 5) is 51.3. The molecule has 12 heteroatoms. The van der Waals surface area contributed by atoms with Crippen LogP contribution >= 0.6 is 0 Å². The summed E-state index contributed by atoms with van der Waals surface area (Å²) in [5.74, 6) is -3.09. The second-order valence-electron chi connectivity index (χ2n) is 23.1. The SMILES string of the molecule is CCCCC/C=C\C/C=C\CCCCCCCC(=O)OC1C(OCC(COC(=O)CCCCCCCCCCCCCCCCCCCCC)OC(=O)CCCCCCCCCCCCCCCCC)OC(C(=O)O)C(O)C1O. The van der Waals surface area contributed by atoms with Crippen molar-refractivity contribution >= 4 is 23.9 Å². The Labute approximate surface area is 483 Å². The number of carboxylic acid groups (broad SMARTS) is 1. The van der Waals surface area contributed by atoms with E-state index >= 15 is 0 Å². The van der Waals surface area contributed by atoms with Crippen molar-refractivity contribution in [3.63, 3.8) is 0 Å². The van der Waals surface area contributed by atoms with E-state index in [1.807, 2.05) is 0 Å². The molecule has 1 rings (SSSR count). The van der Waals surface area contributed by atoms with Gasteiger partial charge in [-0.3, -0.25) is 14.4 Å². The second-order valence-corrected chi connectivity index (χ2v) is 23.1. The molecule has 6 unspecified atom stereocenters. The fourth-order valence-corrected chi connectivity index (χ4v) is 10.4. The Morgan fingerprint density at radius 1 is 0.418 bits per heavy atom. The number of hydrogen-bond donors (Lipinski definition) is 3. The van der Waals surface area contributed by atoms with Gasteiger partial charge in [0.1, 0.15) is 18.8 Å². The lowest BCUT2D eigenvalue weighted by Gasteiger charge is -2.40. The Morgan fingerprint density at radius 3 is 1.16 bits per heavy atom. The molecule has 462 valence electrons. The Morgan fingerprint density at radius 2 is 0.759 bits per heavy atom. The Bertz CT molecular complexity index is 1470. The fourth-order valence-electron chi connectivity index (χ4n) is 10.4. The first-order valence-electron chi connectivity index (χ1n) is 33.3. The molecule has 3 N–H and O–H groups in total. The van der Waals surface area contributed by atoms with Crippen LogP contribution in [0.2, 0.25) is 0 Å². The third-order valence-corrected chi connectivity index (χ3v) is 15.5. The van der Waals surface area contributed by atoms with Crippen molar-refractivity contribution in [2.45, 2.75) is 366 Å². The molecule has 1 saturated heterocycles. The zero-order valence-corrected chi connectivity index (χ0v) is 51.1. The summed E-state index contributed by atoms with van der Waals surface area (Å²) in [6.45, 7) is 6.02. The van der Waals surface area contributed by atoms with Gasteiger partial charge in [0.15, 0.2) is 24.6 Å². The van der Waals surface area contributed by atoms with Gasteiger partial charge in [0.25, 0.3) is 0 Å². The molecule has 1 aliphatic heterocycles. The molecule has 0 aliphatic carbocycles. The molecule has 0 saturated carbocycles. The van der Waals surface area contributed by atoms with Crippen LogP contribution in [0.4, 0.5) is 0 Å². The lowest BCUT2D eigenvalue weighted by atomic mass is 9.98. The van der Waals surface area contributed by atoms with Crippen LogP contribution in [0.25, 0.3) is 0 Å². The first-order chi connectivity index (χ1) is 38.6. The average Bonchev–Trinajstić information content (AvgIpc) is 3.44. The molecule has 1 aliphatic rings. The van der Waals surface area contributed by atoms with E-state index in [9.17, 15) is 34.5 Å². The predicted octanol–water partition coefficient (Wildman–Crippen LogP) is 17.8. The van der Waals surface area contributed by atoms with Gasteiger partial charge in [0, 0.05) is 19.3 Å². The molecule has 1 heterocycles. The molecule has 0 aromatic heterocycles. The highest BCUT2D eigenvalue weighted by Gasteiger charge is 2.50. The highest BCUT2D eigenvalue weighted by Crippen LogP contribution is 2.27. The van der Waals surface area contributed by atoms with E-state index in [0.29, 0.717) is 19.3 Å². The normalized spacial score (nSPS) is 17.9. The topological polar surface area (TPSA) is 175 Å². The molecule has 12 nitrogen and oxygen atoms in total. The van der Waals surface area contributed by atoms with E-state index in [1.54, 1.807) is 0 Å². The molecule has 0 spiro atoms. The first-order valence-corrected chi connectivity index (χ1v) is 33.3. The van der Waals surface area contributed by atoms with Crippen molar-refractivity contribution in [2.75, 3.05) is 13.2 Å². The molecule has 6 atom stereocenters. The van der Waals surface area contributed by atoms with Gasteiger partial charge in [-0.15, -0.1) is 0 Å². The van der Waals surface area contributed by atoms with Gasteiger partial charge in [-0.05, 0) is 51.4 Å². The fraction of sp³-hybridized carbons (Fsp3) is 0.881. The highest BCUT2D eigenvalue weighted by molar-refractivity contribution is 5.74. The van der Waals surface area contributed by atoms with Gasteiger partial charge >= 0.3 is 23.9 Å².